The first-order chi connectivity index (χ1) is 10.3. The number of anilines is 1. The second kappa shape index (κ2) is 6.06. The molecule has 2 heterocycles. The maximum Gasteiger partial charge on any atom is 0.150 e. The number of piperazine rings is 1. The highest BCUT2D eigenvalue weighted by Gasteiger charge is 2.15. The van der Waals surface area contributed by atoms with Gasteiger partial charge in [0.05, 0.1) is 0 Å². The number of nitrogens with zero attached hydrogens (tertiary/aromatic N) is 3. The largest absolute Gasteiger partial charge is 0.354 e. The van der Waals surface area contributed by atoms with Crippen LogP contribution in [0.3, 0.4) is 0 Å². The van der Waals surface area contributed by atoms with E-state index < -0.39 is 0 Å². The number of aldehydes is 1. The molecule has 1 saturated heterocycles. The van der Waals surface area contributed by atoms with Crippen LogP contribution in [0, 0.1) is 0 Å². The molecule has 21 heavy (non-hydrogen) atoms. The van der Waals surface area contributed by atoms with Gasteiger partial charge < -0.3 is 9.80 Å². The van der Waals surface area contributed by atoms with Gasteiger partial charge in [-0.25, -0.2) is 4.98 Å². The van der Waals surface area contributed by atoms with E-state index >= 15 is 0 Å². The zero-order valence-corrected chi connectivity index (χ0v) is 12.2. The molecule has 2 aromatic rings. The Morgan fingerprint density at radius 3 is 2.52 bits per heavy atom. The Balaban J connectivity index is 1.78. The lowest BCUT2D eigenvalue weighted by Crippen LogP contribution is -2.44. The van der Waals surface area contributed by atoms with Crippen LogP contribution in [0.4, 0.5) is 5.82 Å². The van der Waals surface area contributed by atoms with E-state index in [4.69, 9.17) is 0 Å². The second-order valence-electron chi connectivity index (χ2n) is 5.44. The van der Waals surface area contributed by atoms with Crippen molar-refractivity contribution >= 4 is 12.1 Å². The monoisotopic (exact) mass is 281 g/mol. The minimum atomic E-state index is 0.690. The summed E-state index contributed by atoms with van der Waals surface area (Å²) in [4.78, 5) is 20.1. The first kappa shape index (κ1) is 13.8. The summed E-state index contributed by atoms with van der Waals surface area (Å²) in [6.45, 7) is 4.18. The van der Waals surface area contributed by atoms with Crippen molar-refractivity contribution in [1.29, 1.82) is 0 Å². The van der Waals surface area contributed by atoms with Gasteiger partial charge in [-0.15, -0.1) is 0 Å². The molecule has 4 heteroatoms. The Labute approximate surface area is 125 Å². The topological polar surface area (TPSA) is 36.4 Å². The van der Waals surface area contributed by atoms with Gasteiger partial charge in [0.15, 0.2) is 0 Å². The van der Waals surface area contributed by atoms with E-state index in [0.717, 1.165) is 49.4 Å². The summed E-state index contributed by atoms with van der Waals surface area (Å²) in [6.07, 6.45) is 2.76. The van der Waals surface area contributed by atoms with Crippen molar-refractivity contribution in [3.8, 4) is 11.1 Å². The maximum atomic E-state index is 10.9. The molecule has 3 rings (SSSR count). The van der Waals surface area contributed by atoms with Gasteiger partial charge in [0.2, 0.25) is 0 Å². The lowest BCUT2D eigenvalue weighted by Gasteiger charge is -2.33. The van der Waals surface area contributed by atoms with Crippen LogP contribution in [-0.2, 0) is 0 Å². The van der Waals surface area contributed by atoms with Crippen molar-refractivity contribution in [1.82, 2.24) is 9.88 Å². The standard InChI is InChI=1S/C17H19N3O/c1-19-7-9-20(10-8-19)17-6-5-16(12-18-17)15-4-2-3-14(11-15)13-21/h2-6,11-13H,7-10H2,1H3. The number of hydrogen-bond acceptors (Lipinski definition) is 4. The molecule has 0 radical (unpaired) electrons. The predicted molar refractivity (Wildman–Crippen MR) is 84.8 cm³/mol. The van der Waals surface area contributed by atoms with E-state index in [2.05, 4.69) is 34.0 Å². The molecule has 1 fully saturated rings. The fourth-order valence-electron chi connectivity index (χ4n) is 2.57. The summed E-state index contributed by atoms with van der Waals surface area (Å²) < 4.78 is 0. The minimum absolute atomic E-state index is 0.690. The van der Waals surface area contributed by atoms with Gasteiger partial charge in [0, 0.05) is 43.5 Å². The van der Waals surface area contributed by atoms with E-state index in [1.165, 1.54) is 0 Å². The summed E-state index contributed by atoms with van der Waals surface area (Å²) >= 11 is 0. The number of rotatable bonds is 3. The van der Waals surface area contributed by atoms with Gasteiger partial charge in [-0.05, 0) is 30.8 Å². The van der Waals surface area contributed by atoms with Crippen LogP contribution in [0.25, 0.3) is 11.1 Å². The zero-order chi connectivity index (χ0) is 14.7. The Hall–Kier alpha value is -2.20. The molecular weight excluding hydrogens is 262 g/mol. The highest BCUT2D eigenvalue weighted by atomic mass is 16.1. The fraction of sp³-hybridized carbons (Fsp3) is 0.294. The number of pyridine rings is 1. The van der Waals surface area contributed by atoms with Gasteiger partial charge >= 0.3 is 0 Å². The van der Waals surface area contributed by atoms with Crippen molar-refractivity contribution in [2.75, 3.05) is 38.1 Å². The minimum Gasteiger partial charge on any atom is -0.354 e. The maximum absolute atomic E-state index is 10.9. The average molecular weight is 281 g/mol. The Bertz CT molecular complexity index is 616. The third-order valence-corrected chi connectivity index (χ3v) is 3.93. The molecule has 108 valence electrons. The van der Waals surface area contributed by atoms with Crippen molar-refractivity contribution in [2.24, 2.45) is 0 Å². The summed E-state index contributed by atoms with van der Waals surface area (Å²) in [5.41, 5.74) is 2.75. The third kappa shape index (κ3) is 3.11. The lowest BCUT2D eigenvalue weighted by atomic mass is 10.1. The molecule has 1 aromatic heterocycles. The molecule has 4 nitrogen and oxygen atoms in total. The number of likely N-dealkylation sites (N-methyl/N-ethyl adjacent to an activating group) is 1. The number of carbonyl (C=O) groups is 1. The average Bonchev–Trinajstić information content (AvgIpc) is 2.56. The fourth-order valence-corrected chi connectivity index (χ4v) is 2.57. The molecule has 0 bridgehead atoms. The SMILES string of the molecule is CN1CCN(c2ccc(-c3cccc(C=O)c3)cn2)CC1. The van der Waals surface area contributed by atoms with E-state index in [1.807, 2.05) is 30.5 Å². The normalized spacial score (nSPS) is 16.0. The van der Waals surface area contributed by atoms with Crippen LogP contribution in [-0.4, -0.2) is 49.4 Å². The number of aromatic nitrogens is 1. The van der Waals surface area contributed by atoms with Gasteiger partial charge in [-0.3, -0.25) is 4.79 Å². The van der Waals surface area contributed by atoms with E-state index in [1.54, 1.807) is 0 Å². The van der Waals surface area contributed by atoms with Crippen molar-refractivity contribution in [3.63, 3.8) is 0 Å². The summed E-state index contributed by atoms with van der Waals surface area (Å²) in [6, 6.07) is 11.7. The number of carbonyl (C=O) groups excluding carboxylic acids is 1. The Morgan fingerprint density at radius 1 is 1.05 bits per heavy atom. The molecule has 0 atom stereocenters. The van der Waals surface area contributed by atoms with Gasteiger partial charge in [0.25, 0.3) is 0 Å². The van der Waals surface area contributed by atoms with E-state index in [-0.39, 0.29) is 0 Å². The molecule has 0 amide bonds. The highest BCUT2D eigenvalue weighted by Crippen LogP contribution is 2.22. The van der Waals surface area contributed by atoms with E-state index in [0.29, 0.717) is 5.56 Å². The summed E-state index contributed by atoms with van der Waals surface area (Å²) in [5, 5.41) is 0. The van der Waals surface area contributed by atoms with Crippen LogP contribution in [0.1, 0.15) is 10.4 Å². The van der Waals surface area contributed by atoms with Crippen LogP contribution >= 0.6 is 0 Å². The summed E-state index contributed by atoms with van der Waals surface area (Å²) in [7, 11) is 2.15. The molecule has 0 aliphatic carbocycles. The van der Waals surface area contributed by atoms with Gasteiger partial charge in [0.1, 0.15) is 12.1 Å². The Kier molecular flexibility index (Phi) is 3.97. The van der Waals surface area contributed by atoms with Crippen LogP contribution < -0.4 is 4.90 Å². The third-order valence-electron chi connectivity index (χ3n) is 3.93. The van der Waals surface area contributed by atoms with E-state index in [9.17, 15) is 4.79 Å². The molecular formula is C17H19N3O. The molecule has 0 unspecified atom stereocenters. The molecule has 1 aliphatic heterocycles. The van der Waals surface area contributed by atoms with Crippen molar-refractivity contribution < 1.29 is 4.79 Å². The molecule has 0 N–H and O–H groups in total. The van der Waals surface area contributed by atoms with Crippen molar-refractivity contribution in [3.05, 3.63) is 48.2 Å². The zero-order valence-electron chi connectivity index (χ0n) is 12.2. The first-order valence-electron chi connectivity index (χ1n) is 7.21. The first-order valence-corrected chi connectivity index (χ1v) is 7.21. The number of hydrogen-bond donors (Lipinski definition) is 0. The highest BCUT2D eigenvalue weighted by molar-refractivity contribution is 5.78. The Morgan fingerprint density at radius 2 is 1.86 bits per heavy atom. The smallest absolute Gasteiger partial charge is 0.150 e. The van der Waals surface area contributed by atoms with Crippen LogP contribution in [0.5, 0.6) is 0 Å². The molecule has 0 spiro atoms. The molecule has 0 saturated carbocycles. The lowest BCUT2D eigenvalue weighted by molar-refractivity contribution is 0.112. The van der Waals surface area contributed by atoms with Gasteiger partial charge in [-0.1, -0.05) is 18.2 Å². The quantitative estimate of drug-likeness (QED) is 0.809. The predicted octanol–water partition coefficient (Wildman–Crippen LogP) is 2.31. The van der Waals surface area contributed by atoms with Crippen molar-refractivity contribution in [2.45, 2.75) is 0 Å². The van der Waals surface area contributed by atoms with Crippen LogP contribution in [0.15, 0.2) is 42.6 Å². The molecule has 1 aliphatic rings. The molecule has 1 aromatic carbocycles. The van der Waals surface area contributed by atoms with Crippen LogP contribution in [0.2, 0.25) is 0 Å². The van der Waals surface area contributed by atoms with Gasteiger partial charge in [-0.2, -0.15) is 0 Å². The summed E-state index contributed by atoms with van der Waals surface area (Å²) in [5.74, 6) is 1.03. The number of benzene rings is 1. The second-order valence-corrected chi connectivity index (χ2v) is 5.44.